The van der Waals surface area contributed by atoms with E-state index in [2.05, 4.69) is 13.0 Å². The van der Waals surface area contributed by atoms with Crippen LogP contribution in [0.1, 0.15) is 58.8 Å². The van der Waals surface area contributed by atoms with Crippen molar-refractivity contribution >= 4 is 5.97 Å². The highest BCUT2D eigenvalue weighted by atomic mass is 16.5. The molecule has 1 unspecified atom stereocenters. The van der Waals surface area contributed by atoms with Crippen molar-refractivity contribution in [3.8, 4) is 0 Å². The van der Waals surface area contributed by atoms with Crippen LogP contribution >= 0.6 is 0 Å². The molecule has 0 aliphatic heterocycles. The Morgan fingerprint density at radius 1 is 1.44 bits per heavy atom. The number of unbranched alkanes of at least 4 members (excludes halogenated alkanes) is 1. The molecule has 1 aliphatic rings. The first-order chi connectivity index (χ1) is 7.79. The molecule has 0 radical (unpaired) electrons. The van der Waals surface area contributed by atoms with Gasteiger partial charge >= 0.3 is 5.97 Å². The van der Waals surface area contributed by atoms with Gasteiger partial charge in [0.05, 0.1) is 12.5 Å². The number of allylic oxidation sites excluding steroid dienone is 1. The van der Waals surface area contributed by atoms with E-state index in [9.17, 15) is 4.79 Å². The molecule has 1 atom stereocenters. The molecular formula is C14H24O2. The van der Waals surface area contributed by atoms with Gasteiger partial charge in [0.25, 0.3) is 0 Å². The first-order valence-electron chi connectivity index (χ1n) is 6.65. The molecule has 0 saturated heterocycles. The van der Waals surface area contributed by atoms with Gasteiger partial charge in [0.2, 0.25) is 0 Å². The molecular weight excluding hydrogens is 200 g/mol. The molecule has 0 aromatic carbocycles. The quantitative estimate of drug-likeness (QED) is 0.506. The average molecular weight is 224 g/mol. The van der Waals surface area contributed by atoms with Crippen molar-refractivity contribution in [2.24, 2.45) is 5.92 Å². The SMILES string of the molecule is CCCCC(C(=O)OCC)C1=CCCCC1. The minimum Gasteiger partial charge on any atom is -0.466 e. The number of hydrogen-bond donors (Lipinski definition) is 0. The number of carbonyl (C=O) groups is 1. The summed E-state index contributed by atoms with van der Waals surface area (Å²) in [5.41, 5.74) is 1.33. The normalized spacial score (nSPS) is 17.8. The van der Waals surface area contributed by atoms with Gasteiger partial charge in [-0.25, -0.2) is 0 Å². The van der Waals surface area contributed by atoms with E-state index in [-0.39, 0.29) is 11.9 Å². The smallest absolute Gasteiger partial charge is 0.313 e. The van der Waals surface area contributed by atoms with Crippen LogP contribution in [0.5, 0.6) is 0 Å². The average Bonchev–Trinajstić information content (AvgIpc) is 2.31. The van der Waals surface area contributed by atoms with E-state index in [1.165, 1.54) is 18.4 Å². The lowest BCUT2D eigenvalue weighted by Crippen LogP contribution is -2.21. The second-order valence-electron chi connectivity index (χ2n) is 4.47. The molecule has 92 valence electrons. The summed E-state index contributed by atoms with van der Waals surface area (Å²) in [6.07, 6.45) is 10.2. The van der Waals surface area contributed by atoms with Gasteiger partial charge in [-0.3, -0.25) is 4.79 Å². The first kappa shape index (κ1) is 13.3. The highest BCUT2D eigenvalue weighted by molar-refractivity contribution is 5.75. The zero-order valence-corrected chi connectivity index (χ0v) is 10.6. The van der Waals surface area contributed by atoms with Crippen LogP contribution in [0.25, 0.3) is 0 Å². The van der Waals surface area contributed by atoms with Gasteiger partial charge in [0.15, 0.2) is 0 Å². The fraction of sp³-hybridized carbons (Fsp3) is 0.786. The van der Waals surface area contributed by atoms with E-state index in [1.807, 2.05) is 6.92 Å². The molecule has 0 spiro atoms. The van der Waals surface area contributed by atoms with E-state index < -0.39 is 0 Å². The summed E-state index contributed by atoms with van der Waals surface area (Å²) in [5, 5.41) is 0. The maximum absolute atomic E-state index is 11.9. The monoisotopic (exact) mass is 224 g/mol. The van der Waals surface area contributed by atoms with Gasteiger partial charge in [-0.05, 0) is 39.0 Å². The van der Waals surface area contributed by atoms with Crippen LogP contribution in [0, 0.1) is 5.92 Å². The van der Waals surface area contributed by atoms with Gasteiger partial charge in [-0.2, -0.15) is 0 Å². The Balaban J connectivity index is 2.61. The molecule has 0 N–H and O–H groups in total. The first-order valence-corrected chi connectivity index (χ1v) is 6.65. The summed E-state index contributed by atoms with van der Waals surface area (Å²) < 4.78 is 5.17. The molecule has 2 nitrogen and oxygen atoms in total. The van der Waals surface area contributed by atoms with Crippen molar-refractivity contribution < 1.29 is 9.53 Å². The zero-order valence-electron chi connectivity index (χ0n) is 10.6. The maximum atomic E-state index is 11.9. The van der Waals surface area contributed by atoms with Gasteiger partial charge in [0, 0.05) is 0 Å². The molecule has 1 rings (SSSR count). The fourth-order valence-corrected chi connectivity index (χ4v) is 2.29. The predicted octanol–water partition coefficient (Wildman–Crippen LogP) is 3.86. The van der Waals surface area contributed by atoms with Gasteiger partial charge in [-0.1, -0.05) is 31.4 Å². The molecule has 0 bridgehead atoms. The lowest BCUT2D eigenvalue weighted by molar-refractivity contribution is -0.147. The Morgan fingerprint density at radius 2 is 2.25 bits per heavy atom. The van der Waals surface area contributed by atoms with Crippen LogP contribution < -0.4 is 0 Å². The molecule has 0 saturated carbocycles. The van der Waals surface area contributed by atoms with E-state index in [4.69, 9.17) is 4.74 Å². The van der Waals surface area contributed by atoms with Crippen molar-refractivity contribution in [3.63, 3.8) is 0 Å². The van der Waals surface area contributed by atoms with Crippen LogP contribution in [0.4, 0.5) is 0 Å². The Hall–Kier alpha value is -0.790. The predicted molar refractivity (Wildman–Crippen MR) is 66.2 cm³/mol. The number of ether oxygens (including phenoxy) is 1. The molecule has 0 aromatic heterocycles. The molecule has 0 fully saturated rings. The minimum atomic E-state index is -0.0101. The van der Waals surface area contributed by atoms with Crippen molar-refractivity contribution in [2.75, 3.05) is 6.61 Å². The minimum absolute atomic E-state index is 0.0101. The summed E-state index contributed by atoms with van der Waals surface area (Å²) in [6, 6.07) is 0. The van der Waals surface area contributed by atoms with Crippen LogP contribution in [0.3, 0.4) is 0 Å². The van der Waals surface area contributed by atoms with Crippen LogP contribution in [0.15, 0.2) is 11.6 Å². The molecule has 0 amide bonds. The lowest BCUT2D eigenvalue weighted by atomic mass is 9.86. The third-order valence-electron chi connectivity index (χ3n) is 3.19. The van der Waals surface area contributed by atoms with Crippen LogP contribution in [-0.4, -0.2) is 12.6 Å². The maximum Gasteiger partial charge on any atom is 0.313 e. The van der Waals surface area contributed by atoms with Crippen molar-refractivity contribution in [2.45, 2.75) is 58.8 Å². The third-order valence-corrected chi connectivity index (χ3v) is 3.19. The van der Waals surface area contributed by atoms with Crippen molar-refractivity contribution in [1.29, 1.82) is 0 Å². The standard InChI is InChI=1S/C14H24O2/c1-3-5-11-13(14(15)16-4-2)12-9-7-6-8-10-12/h9,13H,3-8,10-11H2,1-2H3. The van der Waals surface area contributed by atoms with Gasteiger partial charge in [-0.15, -0.1) is 0 Å². The van der Waals surface area contributed by atoms with E-state index >= 15 is 0 Å². The Bertz CT molecular complexity index is 243. The summed E-state index contributed by atoms with van der Waals surface area (Å²) >= 11 is 0. The van der Waals surface area contributed by atoms with Crippen molar-refractivity contribution in [3.05, 3.63) is 11.6 Å². The lowest BCUT2D eigenvalue weighted by Gasteiger charge is -2.21. The summed E-state index contributed by atoms with van der Waals surface area (Å²) in [7, 11) is 0. The molecule has 1 aliphatic carbocycles. The fourth-order valence-electron chi connectivity index (χ4n) is 2.29. The summed E-state index contributed by atoms with van der Waals surface area (Å²) in [6.45, 7) is 4.54. The molecule has 0 aromatic rings. The highest BCUT2D eigenvalue weighted by Crippen LogP contribution is 2.28. The molecule has 0 heterocycles. The second kappa shape index (κ2) is 7.48. The van der Waals surface area contributed by atoms with E-state index in [0.29, 0.717) is 6.61 Å². The topological polar surface area (TPSA) is 26.3 Å². The van der Waals surface area contributed by atoms with Gasteiger partial charge < -0.3 is 4.74 Å². The molecule has 16 heavy (non-hydrogen) atoms. The second-order valence-corrected chi connectivity index (χ2v) is 4.47. The van der Waals surface area contributed by atoms with E-state index in [1.54, 1.807) is 0 Å². The number of carbonyl (C=O) groups excluding carboxylic acids is 1. The zero-order chi connectivity index (χ0) is 11.8. The van der Waals surface area contributed by atoms with Crippen LogP contribution in [0.2, 0.25) is 0 Å². The van der Waals surface area contributed by atoms with E-state index in [0.717, 1.165) is 32.1 Å². The number of esters is 1. The summed E-state index contributed by atoms with van der Waals surface area (Å²) in [5.74, 6) is 0.0318. The number of hydrogen-bond acceptors (Lipinski definition) is 2. The Morgan fingerprint density at radius 3 is 2.81 bits per heavy atom. The highest BCUT2D eigenvalue weighted by Gasteiger charge is 2.24. The Kier molecular flexibility index (Phi) is 6.20. The van der Waals surface area contributed by atoms with Crippen LogP contribution in [-0.2, 0) is 9.53 Å². The van der Waals surface area contributed by atoms with Crippen molar-refractivity contribution in [1.82, 2.24) is 0 Å². The largest absolute Gasteiger partial charge is 0.466 e. The summed E-state index contributed by atoms with van der Waals surface area (Å²) in [4.78, 5) is 11.9. The third kappa shape index (κ3) is 3.99. The molecule has 2 heteroatoms. The Labute approximate surface area is 99.1 Å². The van der Waals surface area contributed by atoms with Gasteiger partial charge in [0.1, 0.15) is 0 Å². The number of rotatable bonds is 6.